The van der Waals surface area contributed by atoms with Crippen molar-refractivity contribution in [2.45, 2.75) is 50.6 Å². The zero-order chi connectivity index (χ0) is 22.0. The van der Waals surface area contributed by atoms with E-state index >= 15 is 0 Å². The molecular formula is C23H27NO6S. The number of nitrogens with zero attached hydrogens (tertiary/aromatic N) is 1. The molecule has 1 heterocycles. The molecule has 1 aliphatic carbocycles. The fourth-order valence-corrected chi connectivity index (χ4v) is 6.47. The molecule has 7 nitrogen and oxygen atoms in total. The van der Waals surface area contributed by atoms with Gasteiger partial charge in [0.15, 0.2) is 16.4 Å². The molecule has 0 radical (unpaired) electrons. The molecule has 2 aromatic rings. The van der Waals surface area contributed by atoms with Crippen LogP contribution in [0.3, 0.4) is 0 Å². The lowest BCUT2D eigenvalue weighted by Crippen LogP contribution is -2.50. The number of carbonyl (C=O) groups excluding carboxylic acids is 2. The van der Waals surface area contributed by atoms with Gasteiger partial charge >= 0.3 is 5.97 Å². The van der Waals surface area contributed by atoms with Gasteiger partial charge in [0.1, 0.15) is 11.3 Å². The van der Waals surface area contributed by atoms with Crippen molar-refractivity contribution < 1.29 is 27.9 Å². The lowest BCUT2D eigenvalue weighted by Gasteiger charge is -2.38. The van der Waals surface area contributed by atoms with Crippen LogP contribution in [-0.4, -0.2) is 60.5 Å². The maximum absolute atomic E-state index is 13.1. The molecule has 8 heteroatoms. The van der Waals surface area contributed by atoms with E-state index in [0.29, 0.717) is 11.8 Å². The molecular weight excluding hydrogens is 418 g/mol. The zero-order valence-electron chi connectivity index (χ0n) is 17.3. The summed E-state index contributed by atoms with van der Waals surface area (Å²) in [6.45, 7) is -0.474. The second-order valence-electron chi connectivity index (χ2n) is 8.41. The monoisotopic (exact) mass is 445 g/mol. The van der Waals surface area contributed by atoms with Gasteiger partial charge in [-0.3, -0.25) is 4.79 Å². The SMILES string of the molecule is O=C(OCC(=O)N(C1CCCCC1)C1CCS(=O)(=O)C1)c1ccc2ccccc2c1O. The van der Waals surface area contributed by atoms with E-state index < -0.39 is 22.4 Å². The van der Waals surface area contributed by atoms with Crippen LogP contribution in [0.2, 0.25) is 0 Å². The van der Waals surface area contributed by atoms with Crippen LogP contribution in [0.1, 0.15) is 48.9 Å². The van der Waals surface area contributed by atoms with E-state index in [1.165, 1.54) is 6.07 Å². The lowest BCUT2D eigenvalue weighted by atomic mass is 9.93. The molecule has 1 aliphatic heterocycles. The van der Waals surface area contributed by atoms with Crippen molar-refractivity contribution in [1.82, 2.24) is 4.90 Å². The number of benzene rings is 2. The Morgan fingerprint density at radius 2 is 1.74 bits per heavy atom. The normalized spacial score (nSPS) is 21.1. The van der Waals surface area contributed by atoms with Crippen molar-refractivity contribution in [3.8, 4) is 5.75 Å². The predicted octanol–water partition coefficient (Wildman–Crippen LogP) is 3.05. The van der Waals surface area contributed by atoms with Crippen molar-refractivity contribution in [1.29, 1.82) is 0 Å². The fourth-order valence-electron chi connectivity index (χ4n) is 4.76. The highest BCUT2D eigenvalue weighted by Gasteiger charge is 2.38. The minimum absolute atomic E-state index is 0.000777. The number of rotatable bonds is 5. The van der Waals surface area contributed by atoms with Crippen molar-refractivity contribution in [3.63, 3.8) is 0 Å². The summed E-state index contributed by atoms with van der Waals surface area (Å²) in [5, 5.41) is 11.8. The number of ether oxygens (including phenoxy) is 1. The predicted molar refractivity (Wildman–Crippen MR) is 117 cm³/mol. The second-order valence-corrected chi connectivity index (χ2v) is 10.6. The highest BCUT2D eigenvalue weighted by molar-refractivity contribution is 7.91. The summed E-state index contributed by atoms with van der Waals surface area (Å²) in [5.41, 5.74) is -0.000777. The maximum Gasteiger partial charge on any atom is 0.342 e. The Balaban J connectivity index is 1.48. The van der Waals surface area contributed by atoms with E-state index in [2.05, 4.69) is 0 Å². The lowest BCUT2D eigenvalue weighted by molar-refractivity contribution is -0.140. The Hall–Kier alpha value is -2.61. The van der Waals surface area contributed by atoms with Gasteiger partial charge in [0.2, 0.25) is 0 Å². The largest absolute Gasteiger partial charge is 0.506 e. The van der Waals surface area contributed by atoms with Gasteiger partial charge in [0.25, 0.3) is 5.91 Å². The summed E-state index contributed by atoms with van der Waals surface area (Å²) < 4.78 is 29.3. The highest BCUT2D eigenvalue weighted by atomic mass is 32.2. The topological polar surface area (TPSA) is 101 Å². The molecule has 2 fully saturated rings. The van der Waals surface area contributed by atoms with Gasteiger partial charge in [-0.05, 0) is 30.7 Å². The first-order valence-corrected chi connectivity index (χ1v) is 12.6. The Morgan fingerprint density at radius 1 is 1.00 bits per heavy atom. The number of fused-ring (bicyclic) bond motifs is 1. The number of carbonyl (C=O) groups is 2. The van der Waals surface area contributed by atoms with E-state index in [-0.39, 0.29) is 40.8 Å². The number of esters is 1. The van der Waals surface area contributed by atoms with Crippen LogP contribution in [0.25, 0.3) is 10.8 Å². The molecule has 0 spiro atoms. The first-order chi connectivity index (χ1) is 14.9. The van der Waals surface area contributed by atoms with Gasteiger partial charge < -0.3 is 14.7 Å². The Morgan fingerprint density at radius 3 is 2.45 bits per heavy atom. The Bertz CT molecular complexity index is 1090. The van der Waals surface area contributed by atoms with E-state index in [1.54, 1.807) is 23.1 Å². The van der Waals surface area contributed by atoms with Crippen LogP contribution in [0.4, 0.5) is 0 Å². The summed E-state index contributed by atoms with van der Waals surface area (Å²) in [6.07, 6.45) is 5.20. The fraction of sp³-hybridized carbons (Fsp3) is 0.478. The molecule has 1 saturated carbocycles. The van der Waals surface area contributed by atoms with Gasteiger partial charge in [0, 0.05) is 17.5 Å². The molecule has 0 aromatic heterocycles. The summed E-state index contributed by atoms with van der Waals surface area (Å²) in [6, 6.07) is 9.93. The molecule has 0 bridgehead atoms. The smallest absolute Gasteiger partial charge is 0.342 e. The highest BCUT2D eigenvalue weighted by Crippen LogP contribution is 2.30. The molecule has 1 N–H and O–H groups in total. The van der Waals surface area contributed by atoms with Gasteiger partial charge in [-0.1, -0.05) is 49.6 Å². The van der Waals surface area contributed by atoms with E-state index in [9.17, 15) is 23.1 Å². The number of phenolic OH excluding ortho intramolecular Hbond substituents is 1. The van der Waals surface area contributed by atoms with Crippen molar-refractivity contribution in [2.24, 2.45) is 0 Å². The van der Waals surface area contributed by atoms with E-state index in [0.717, 1.165) is 37.5 Å². The van der Waals surface area contributed by atoms with Crippen LogP contribution < -0.4 is 0 Å². The van der Waals surface area contributed by atoms with Crippen molar-refractivity contribution in [2.75, 3.05) is 18.1 Å². The van der Waals surface area contributed by atoms with Gasteiger partial charge in [0.05, 0.1) is 11.5 Å². The van der Waals surface area contributed by atoms with Crippen molar-refractivity contribution >= 4 is 32.5 Å². The Labute approximate surface area is 181 Å². The molecule has 1 unspecified atom stereocenters. The van der Waals surface area contributed by atoms with Crippen LogP contribution in [-0.2, 0) is 19.4 Å². The van der Waals surface area contributed by atoms with E-state index in [1.807, 2.05) is 12.1 Å². The molecule has 2 aromatic carbocycles. The number of aromatic hydroxyl groups is 1. The average Bonchev–Trinajstić information content (AvgIpc) is 3.12. The van der Waals surface area contributed by atoms with Crippen LogP contribution in [0.15, 0.2) is 36.4 Å². The van der Waals surface area contributed by atoms with Crippen LogP contribution in [0, 0.1) is 0 Å². The van der Waals surface area contributed by atoms with Crippen LogP contribution in [0.5, 0.6) is 5.75 Å². The minimum atomic E-state index is -3.15. The molecule has 1 atom stereocenters. The summed E-state index contributed by atoms with van der Waals surface area (Å²) in [7, 11) is -3.15. The number of phenols is 1. The molecule has 1 saturated heterocycles. The molecule has 2 aliphatic rings. The van der Waals surface area contributed by atoms with Gasteiger partial charge in [-0.15, -0.1) is 0 Å². The first-order valence-electron chi connectivity index (χ1n) is 10.7. The van der Waals surface area contributed by atoms with Crippen LogP contribution >= 0.6 is 0 Å². The van der Waals surface area contributed by atoms with E-state index in [4.69, 9.17) is 4.74 Å². The Kier molecular flexibility index (Phi) is 6.18. The standard InChI is InChI=1S/C23H27NO6S/c25-21(24(17-7-2-1-3-8-17)18-12-13-31(28,29)15-18)14-30-23(27)20-11-10-16-6-4-5-9-19(16)22(20)26/h4-6,9-11,17-18,26H,1-3,7-8,12-15H2. The number of hydrogen-bond acceptors (Lipinski definition) is 6. The van der Waals surface area contributed by atoms with Gasteiger partial charge in [-0.2, -0.15) is 0 Å². The van der Waals surface area contributed by atoms with Gasteiger partial charge in [-0.25, -0.2) is 13.2 Å². The second kappa shape index (κ2) is 8.86. The molecule has 166 valence electrons. The average molecular weight is 446 g/mol. The molecule has 4 rings (SSSR count). The summed E-state index contributed by atoms with van der Waals surface area (Å²) in [4.78, 5) is 27.3. The summed E-state index contributed by atoms with van der Waals surface area (Å²) in [5.74, 6) is -1.28. The third kappa shape index (κ3) is 4.69. The third-order valence-electron chi connectivity index (χ3n) is 6.31. The van der Waals surface area contributed by atoms with Crippen molar-refractivity contribution in [3.05, 3.63) is 42.0 Å². The zero-order valence-corrected chi connectivity index (χ0v) is 18.1. The third-order valence-corrected chi connectivity index (χ3v) is 8.06. The maximum atomic E-state index is 13.1. The number of amides is 1. The quantitative estimate of drug-likeness (QED) is 0.710. The summed E-state index contributed by atoms with van der Waals surface area (Å²) >= 11 is 0. The minimum Gasteiger partial charge on any atom is -0.506 e. The molecule has 31 heavy (non-hydrogen) atoms. The number of sulfone groups is 1. The first kappa shape index (κ1) is 21.6. The number of hydrogen-bond donors (Lipinski definition) is 1. The molecule has 1 amide bonds.